The van der Waals surface area contributed by atoms with Gasteiger partial charge in [0.05, 0.1) is 10.9 Å². The smallest absolute Gasteiger partial charge is 0.384 e. The fourth-order valence-corrected chi connectivity index (χ4v) is 2.63. The third kappa shape index (κ3) is 2.98. The van der Waals surface area contributed by atoms with E-state index in [9.17, 15) is 13.2 Å². The molecule has 2 heterocycles. The van der Waals surface area contributed by atoms with Crippen molar-refractivity contribution in [1.82, 2.24) is 4.98 Å². The van der Waals surface area contributed by atoms with Gasteiger partial charge in [-0.2, -0.15) is 13.2 Å². The zero-order valence-corrected chi connectivity index (χ0v) is 11.3. The minimum Gasteiger partial charge on any atom is -0.384 e. The summed E-state index contributed by atoms with van der Waals surface area (Å²) in [4.78, 5) is 5.55. The summed E-state index contributed by atoms with van der Waals surface area (Å²) in [5.41, 5.74) is 5.67. The highest BCUT2D eigenvalue weighted by atomic mass is 35.5. The van der Waals surface area contributed by atoms with Gasteiger partial charge in [0.1, 0.15) is 11.7 Å². The van der Waals surface area contributed by atoms with E-state index in [0.29, 0.717) is 13.0 Å². The molecule has 0 radical (unpaired) electrons. The maximum atomic E-state index is 12.8. The van der Waals surface area contributed by atoms with Crippen LogP contribution in [0.25, 0.3) is 0 Å². The molecule has 3 N–H and O–H groups in total. The second-order valence-corrected chi connectivity index (χ2v) is 5.11. The number of anilines is 1. The number of nitrogens with one attached hydrogen (secondary N) is 1. The normalized spacial score (nSPS) is 20.0. The predicted molar refractivity (Wildman–Crippen MR) is 71.3 cm³/mol. The number of hydrogen-bond donors (Lipinski definition) is 2. The predicted octanol–water partition coefficient (Wildman–Crippen LogP) is 2.80. The van der Waals surface area contributed by atoms with Crippen LogP contribution >= 0.6 is 11.6 Å². The van der Waals surface area contributed by atoms with Gasteiger partial charge in [-0.15, -0.1) is 0 Å². The second-order valence-electron chi connectivity index (χ2n) is 4.74. The summed E-state index contributed by atoms with van der Waals surface area (Å²) in [6, 6.07) is 1.47. The lowest BCUT2D eigenvalue weighted by Gasteiger charge is -2.35. The Bertz CT molecular complexity index is 518. The molecule has 1 aliphatic rings. The number of halogens is 4. The average Bonchev–Trinajstić information content (AvgIpc) is 2.38. The summed E-state index contributed by atoms with van der Waals surface area (Å²) in [7, 11) is 0. The van der Waals surface area contributed by atoms with Crippen LogP contribution in [0.5, 0.6) is 0 Å². The van der Waals surface area contributed by atoms with Crippen molar-refractivity contribution in [3.8, 4) is 0 Å². The third-order valence-corrected chi connectivity index (χ3v) is 3.72. The highest BCUT2D eigenvalue weighted by Crippen LogP contribution is 2.36. The minimum absolute atomic E-state index is 0.115. The largest absolute Gasteiger partial charge is 0.393 e. The van der Waals surface area contributed by atoms with E-state index in [1.807, 2.05) is 0 Å². The number of aromatic nitrogens is 1. The molecular weight excluding hydrogens is 293 g/mol. The van der Waals surface area contributed by atoms with Gasteiger partial charge < -0.3 is 10.6 Å². The van der Waals surface area contributed by atoms with Gasteiger partial charge in [-0.3, -0.25) is 5.41 Å². The molecule has 20 heavy (non-hydrogen) atoms. The number of pyridine rings is 1. The van der Waals surface area contributed by atoms with Crippen molar-refractivity contribution in [1.29, 1.82) is 5.41 Å². The fourth-order valence-electron chi connectivity index (χ4n) is 2.30. The van der Waals surface area contributed by atoms with Gasteiger partial charge in [-0.25, -0.2) is 4.98 Å². The highest BCUT2D eigenvalue weighted by molar-refractivity contribution is 6.36. The van der Waals surface area contributed by atoms with Crippen LogP contribution in [0.15, 0.2) is 12.3 Å². The minimum atomic E-state index is -4.22. The first-order valence-corrected chi connectivity index (χ1v) is 6.49. The molecule has 1 unspecified atom stereocenters. The topological polar surface area (TPSA) is 66.0 Å². The van der Waals surface area contributed by atoms with Gasteiger partial charge in [0.15, 0.2) is 0 Å². The van der Waals surface area contributed by atoms with Crippen LogP contribution < -0.4 is 10.6 Å². The van der Waals surface area contributed by atoms with E-state index in [2.05, 4.69) is 4.98 Å². The standard InChI is InChI=1S/C12H14ClF3N4/c13-9-8(10(17)18)3-4-19-11(9)20-5-1-2-7(6-20)12(14,15)16/h3-4,7H,1-2,5-6H2,(H3,17,18). The SMILES string of the molecule is N=C(N)c1ccnc(N2CCCC(C(F)(F)F)C2)c1Cl. The van der Waals surface area contributed by atoms with E-state index in [1.165, 1.54) is 17.2 Å². The first-order valence-electron chi connectivity index (χ1n) is 6.11. The Labute approximate surface area is 119 Å². The van der Waals surface area contributed by atoms with Gasteiger partial charge in [-0.1, -0.05) is 11.6 Å². The number of alkyl halides is 3. The molecule has 1 saturated heterocycles. The van der Waals surface area contributed by atoms with Crippen molar-refractivity contribution in [2.24, 2.45) is 11.7 Å². The van der Waals surface area contributed by atoms with E-state index in [1.54, 1.807) is 0 Å². The van der Waals surface area contributed by atoms with Gasteiger partial charge in [-0.05, 0) is 18.9 Å². The maximum Gasteiger partial charge on any atom is 0.393 e. The second kappa shape index (κ2) is 5.47. The van der Waals surface area contributed by atoms with Crippen LogP contribution in [0.3, 0.4) is 0 Å². The lowest BCUT2D eigenvalue weighted by Crippen LogP contribution is -2.42. The third-order valence-electron chi connectivity index (χ3n) is 3.34. The molecule has 1 aromatic rings. The Balaban J connectivity index is 2.28. The van der Waals surface area contributed by atoms with Crippen molar-refractivity contribution < 1.29 is 13.2 Å². The van der Waals surface area contributed by atoms with Crippen LogP contribution in [0.1, 0.15) is 18.4 Å². The van der Waals surface area contributed by atoms with Crippen LogP contribution in [0.4, 0.5) is 19.0 Å². The zero-order chi connectivity index (χ0) is 14.9. The van der Waals surface area contributed by atoms with Crippen LogP contribution in [-0.4, -0.2) is 30.1 Å². The zero-order valence-electron chi connectivity index (χ0n) is 10.5. The molecule has 1 aliphatic heterocycles. The molecular formula is C12H14ClF3N4. The van der Waals surface area contributed by atoms with Crippen LogP contribution in [0, 0.1) is 11.3 Å². The molecule has 2 rings (SSSR count). The summed E-state index contributed by atoms with van der Waals surface area (Å²) in [5.74, 6) is -1.36. The van der Waals surface area contributed by atoms with Crippen molar-refractivity contribution in [2.45, 2.75) is 19.0 Å². The van der Waals surface area contributed by atoms with Crippen molar-refractivity contribution >= 4 is 23.3 Å². The van der Waals surface area contributed by atoms with Crippen LogP contribution in [-0.2, 0) is 0 Å². The molecule has 1 aromatic heterocycles. The number of amidine groups is 1. The molecule has 0 amide bonds. The molecule has 110 valence electrons. The van der Waals surface area contributed by atoms with Gasteiger partial charge in [0.2, 0.25) is 0 Å². The molecule has 0 bridgehead atoms. The van der Waals surface area contributed by atoms with E-state index >= 15 is 0 Å². The number of nitrogen functional groups attached to an aromatic ring is 1. The maximum absolute atomic E-state index is 12.8. The van der Waals surface area contributed by atoms with E-state index in [-0.39, 0.29) is 35.2 Å². The highest BCUT2D eigenvalue weighted by Gasteiger charge is 2.42. The molecule has 8 heteroatoms. The van der Waals surface area contributed by atoms with Gasteiger partial charge >= 0.3 is 6.18 Å². The Hall–Kier alpha value is -1.50. The first kappa shape index (κ1) is 14.9. The number of nitrogens with zero attached hydrogens (tertiary/aromatic N) is 2. The molecule has 4 nitrogen and oxygen atoms in total. The lowest BCUT2D eigenvalue weighted by molar-refractivity contribution is -0.176. The van der Waals surface area contributed by atoms with Crippen molar-refractivity contribution in [2.75, 3.05) is 18.0 Å². The average molecular weight is 307 g/mol. The summed E-state index contributed by atoms with van der Waals surface area (Å²) >= 11 is 6.09. The number of piperidine rings is 1. The van der Waals surface area contributed by atoms with E-state index in [4.69, 9.17) is 22.7 Å². The molecule has 0 saturated carbocycles. The van der Waals surface area contributed by atoms with E-state index in [0.717, 1.165) is 0 Å². The molecule has 1 atom stereocenters. The lowest BCUT2D eigenvalue weighted by atomic mass is 9.97. The molecule has 0 spiro atoms. The van der Waals surface area contributed by atoms with Crippen molar-refractivity contribution in [3.63, 3.8) is 0 Å². The summed E-state index contributed by atoms with van der Waals surface area (Å²) in [6.45, 7) is 0.290. The Morgan fingerprint density at radius 3 is 2.80 bits per heavy atom. The molecule has 0 aliphatic carbocycles. The monoisotopic (exact) mass is 306 g/mol. The molecule has 1 fully saturated rings. The fraction of sp³-hybridized carbons (Fsp3) is 0.500. The first-order chi connectivity index (χ1) is 9.30. The Morgan fingerprint density at radius 1 is 1.50 bits per heavy atom. The quantitative estimate of drug-likeness (QED) is 0.652. The number of hydrogen-bond acceptors (Lipinski definition) is 3. The van der Waals surface area contributed by atoms with Gasteiger partial charge in [0.25, 0.3) is 0 Å². The molecule has 0 aromatic carbocycles. The van der Waals surface area contributed by atoms with Crippen LogP contribution in [0.2, 0.25) is 5.02 Å². The Morgan fingerprint density at radius 2 is 2.20 bits per heavy atom. The number of nitrogens with two attached hydrogens (primary N) is 1. The number of rotatable bonds is 2. The summed E-state index contributed by atoms with van der Waals surface area (Å²) in [6.07, 6.45) is -2.28. The van der Waals surface area contributed by atoms with Crippen molar-refractivity contribution in [3.05, 3.63) is 22.8 Å². The summed E-state index contributed by atoms with van der Waals surface area (Å²) in [5, 5.41) is 7.52. The Kier molecular flexibility index (Phi) is 4.08. The van der Waals surface area contributed by atoms with E-state index < -0.39 is 12.1 Å². The van der Waals surface area contributed by atoms with Gasteiger partial charge in [0, 0.05) is 24.8 Å². The summed E-state index contributed by atoms with van der Waals surface area (Å²) < 4.78 is 38.4.